The first-order valence-corrected chi connectivity index (χ1v) is 8.30. The fraction of sp³-hybridized carbons (Fsp3) is 0.800. The third-order valence-electron chi connectivity index (χ3n) is 2.13. The van der Waals surface area contributed by atoms with E-state index in [9.17, 15) is 30.4 Å². The summed E-state index contributed by atoms with van der Waals surface area (Å²) in [6, 6.07) is 0. The van der Waals surface area contributed by atoms with E-state index in [1.165, 1.54) is 0 Å². The summed E-state index contributed by atoms with van der Waals surface area (Å²) < 4.78 is 77.7. The molecule has 0 aliphatic rings. The number of quaternary nitrogens is 1. The van der Waals surface area contributed by atoms with E-state index in [2.05, 4.69) is 0 Å². The second-order valence-corrected chi connectivity index (χ2v) is 8.25. The van der Waals surface area contributed by atoms with Crippen LogP contribution in [0.2, 0.25) is 0 Å². The highest BCUT2D eigenvalue weighted by molar-refractivity contribution is 8.03. The molecule has 0 saturated heterocycles. The lowest BCUT2D eigenvalue weighted by Gasteiger charge is -2.42. The highest BCUT2D eigenvalue weighted by Crippen LogP contribution is 2.31. The number of carboxylic acids is 1. The summed E-state index contributed by atoms with van der Waals surface area (Å²) in [4.78, 5) is 11.0. The Hall–Kier alpha value is -0.640. The van der Waals surface area contributed by atoms with Gasteiger partial charge in [-0.15, -0.1) is 0 Å². The van der Waals surface area contributed by atoms with Crippen molar-refractivity contribution < 1.29 is 49.1 Å². The first-order chi connectivity index (χ1) is 8.09. The van der Waals surface area contributed by atoms with Crippen molar-refractivity contribution in [3.05, 3.63) is 0 Å². The summed E-state index contributed by atoms with van der Waals surface area (Å²) in [7, 11) is -9.71. The summed E-state index contributed by atoms with van der Waals surface area (Å²) in [6.45, 7) is 0. The van der Waals surface area contributed by atoms with Crippen molar-refractivity contribution in [2.24, 2.45) is 0 Å². The van der Waals surface area contributed by atoms with Crippen molar-refractivity contribution in [1.29, 1.82) is 0 Å². The molecule has 0 heterocycles. The SMILES string of the molecule is C[N+](C)(CS(=O)(=O)O)C(C(=O)O)(S(=O)O)S(=O)(=O)[O-]. The third-order valence-corrected chi connectivity index (χ3v) is 6.63. The van der Waals surface area contributed by atoms with Crippen LogP contribution in [0, 0.1) is 0 Å². The monoisotopic (exact) mass is 341 g/mol. The van der Waals surface area contributed by atoms with Gasteiger partial charge in [-0.1, -0.05) is 0 Å². The molecule has 0 radical (unpaired) electrons. The smallest absolute Gasteiger partial charge is 0.397 e. The number of carboxylic acid groups (broad SMARTS) is 1. The molecule has 114 valence electrons. The Kier molecular flexibility index (Phi) is 4.87. The van der Waals surface area contributed by atoms with Crippen LogP contribution in [0.15, 0.2) is 0 Å². The molecule has 2 unspecified atom stereocenters. The average molecular weight is 341 g/mol. The fourth-order valence-corrected chi connectivity index (χ4v) is 4.93. The molecule has 0 rings (SSSR count). The lowest BCUT2D eigenvalue weighted by atomic mass is 10.5. The molecule has 2 atom stereocenters. The Balaban J connectivity index is 6.48. The molecule has 0 amide bonds. The number of likely N-dealkylation sites (N-methyl/N-ethyl adjacent to an activating group) is 1. The van der Waals surface area contributed by atoms with Crippen LogP contribution in [0.25, 0.3) is 0 Å². The summed E-state index contributed by atoms with van der Waals surface area (Å²) in [5.41, 5.74) is 0. The summed E-state index contributed by atoms with van der Waals surface area (Å²) >= 11 is -3.77. The lowest BCUT2D eigenvalue weighted by Crippen LogP contribution is -2.71. The number of carbonyl (C=O) groups is 1. The second kappa shape index (κ2) is 5.04. The van der Waals surface area contributed by atoms with Gasteiger partial charge in [0.2, 0.25) is 17.0 Å². The molecule has 0 aromatic carbocycles. The van der Waals surface area contributed by atoms with Crippen molar-refractivity contribution in [3.63, 3.8) is 0 Å². The van der Waals surface area contributed by atoms with E-state index in [4.69, 9.17) is 14.2 Å². The van der Waals surface area contributed by atoms with Gasteiger partial charge in [0.05, 0.1) is 14.1 Å². The van der Waals surface area contributed by atoms with Gasteiger partial charge in [0.15, 0.2) is 10.1 Å². The Morgan fingerprint density at radius 3 is 1.84 bits per heavy atom. The Morgan fingerprint density at radius 2 is 1.68 bits per heavy atom. The van der Waals surface area contributed by atoms with Gasteiger partial charge >= 0.3 is 20.3 Å². The Bertz CT molecular complexity index is 587. The molecule has 0 aliphatic heterocycles. The maximum atomic E-state index is 11.1. The molecular weight excluding hydrogens is 330 g/mol. The first kappa shape index (κ1) is 18.4. The molecule has 0 saturated carbocycles. The van der Waals surface area contributed by atoms with Gasteiger partial charge in [0.1, 0.15) is 0 Å². The number of aliphatic carboxylic acids is 1. The highest BCUT2D eigenvalue weighted by atomic mass is 32.3. The fourth-order valence-electron chi connectivity index (χ4n) is 1.53. The topological polar surface area (TPSA) is 186 Å². The standard InChI is InChI=1S/C5H11NO10S3/c1-6(2,3-18(11,12)13)5(4(7)8,17(9)10)19(14,15)16/h3H2,1-2H3,(H3-,7,8,9,10,11,12,13,14,15,16). The van der Waals surface area contributed by atoms with E-state index in [0.717, 1.165) is 0 Å². The summed E-state index contributed by atoms with van der Waals surface area (Å²) in [5, 5.41) is 8.84. The molecule has 11 nitrogen and oxygen atoms in total. The van der Waals surface area contributed by atoms with Crippen LogP contribution in [0.1, 0.15) is 0 Å². The van der Waals surface area contributed by atoms with Crippen LogP contribution in [0.5, 0.6) is 0 Å². The van der Waals surface area contributed by atoms with Gasteiger partial charge in [-0.25, -0.2) is 17.4 Å². The molecule has 0 aromatic rings. The van der Waals surface area contributed by atoms with Gasteiger partial charge in [-0.2, -0.15) is 8.42 Å². The lowest BCUT2D eigenvalue weighted by molar-refractivity contribution is -0.892. The Morgan fingerprint density at radius 1 is 1.32 bits per heavy atom. The maximum Gasteiger partial charge on any atom is 0.397 e. The zero-order valence-corrected chi connectivity index (χ0v) is 12.0. The molecular formula is C5H11NO10S3. The number of nitrogens with zero attached hydrogens (tertiary/aromatic N) is 1. The normalized spacial score (nSPS) is 18.6. The number of hydrogen-bond donors (Lipinski definition) is 3. The van der Waals surface area contributed by atoms with E-state index >= 15 is 0 Å². The molecule has 0 aromatic heterocycles. The van der Waals surface area contributed by atoms with Gasteiger partial charge in [0.25, 0.3) is 0 Å². The van der Waals surface area contributed by atoms with Gasteiger partial charge in [-0.05, 0) is 0 Å². The molecule has 0 bridgehead atoms. The van der Waals surface area contributed by atoms with Crippen LogP contribution in [-0.2, 0) is 36.1 Å². The van der Waals surface area contributed by atoms with Gasteiger partial charge < -0.3 is 9.66 Å². The first-order valence-electron chi connectivity index (χ1n) is 4.17. The maximum absolute atomic E-state index is 11.1. The third kappa shape index (κ3) is 3.28. The second-order valence-electron chi connectivity index (χ2n) is 3.99. The molecule has 3 N–H and O–H groups in total. The van der Waals surface area contributed by atoms with E-state index in [-0.39, 0.29) is 0 Å². The van der Waals surface area contributed by atoms with Crippen molar-refractivity contribution in [1.82, 2.24) is 0 Å². The number of hydrogen-bond acceptors (Lipinski definition) is 7. The van der Waals surface area contributed by atoms with E-state index in [1.807, 2.05) is 0 Å². The van der Waals surface area contributed by atoms with Gasteiger partial charge in [0, 0.05) is 0 Å². The van der Waals surface area contributed by atoms with Crippen LogP contribution in [0.3, 0.4) is 0 Å². The largest absolute Gasteiger partial charge is 0.742 e. The van der Waals surface area contributed by atoms with E-state index < -0.39 is 51.8 Å². The van der Waals surface area contributed by atoms with Gasteiger partial charge in [-0.3, -0.25) is 13.6 Å². The van der Waals surface area contributed by atoms with Crippen molar-refractivity contribution in [2.45, 2.75) is 4.20 Å². The molecule has 0 aliphatic carbocycles. The molecule has 19 heavy (non-hydrogen) atoms. The van der Waals surface area contributed by atoms with Crippen LogP contribution >= 0.6 is 0 Å². The minimum atomic E-state index is -5.96. The predicted octanol–water partition coefficient (Wildman–Crippen LogP) is -2.59. The quantitative estimate of drug-likeness (QED) is 0.263. The molecule has 0 fully saturated rings. The van der Waals surface area contributed by atoms with Crippen LogP contribution in [0.4, 0.5) is 0 Å². The average Bonchev–Trinajstić information content (AvgIpc) is 1.91. The minimum Gasteiger partial charge on any atom is -0.742 e. The van der Waals surface area contributed by atoms with Crippen molar-refractivity contribution >= 4 is 37.3 Å². The summed E-state index contributed by atoms with van der Waals surface area (Å²) in [6.07, 6.45) is 0. The van der Waals surface area contributed by atoms with Crippen molar-refractivity contribution in [3.8, 4) is 0 Å². The molecule has 0 spiro atoms. The van der Waals surface area contributed by atoms with Crippen molar-refractivity contribution in [2.75, 3.05) is 20.0 Å². The van der Waals surface area contributed by atoms with Crippen LogP contribution in [-0.4, -0.2) is 74.4 Å². The molecule has 14 heteroatoms. The number of rotatable bonds is 6. The highest BCUT2D eigenvalue weighted by Gasteiger charge is 2.66. The van der Waals surface area contributed by atoms with E-state index in [1.54, 1.807) is 0 Å². The zero-order chi connectivity index (χ0) is 15.9. The summed E-state index contributed by atoms with van der Waals surface area (Å²) in [5.74, 6) is -4.09. The van der Waals surface area contributed by atoms with E-state index in [0.29, 0.717) is 14.1 Å². The zero-order valence-electron chi connectivity index (χ0n) is 9.58. The van der Waals surface area contributed by atoms with Crippen LogP contribution < -0.4 is 0 Å². The Labute approximate surface area is 111 Å². The predicted molar refractivity (Wildman–Crippen MR) is 59.4 cm³/mol. The minimum absolute atomic E-state index is 0.589.